The van der Waals surface area contributed by atoms with Crippen molar-refractivity contribution in [2.45, 2.75) is 219 Å². The molecule has 360 valence electrons. The van der Waals surface area contributed by atoms with Gasteiger partial charge in [0.15, 0.2) is 5.60 Å². The molecule has 2 aliphatic heterocycles. The van der Waals surface area contributed by atoms with Crippen molar-refractivity contribution in [2.24, 2.45) is 81.3 Å². The number of hydrogen-bond acceptors (Lipinski definition) is 9. The van der Waals surface area contributed by atoms with E-state index in [1.165, 1.54) is 52.1 Å². The van der Waals surface area contributed by atoms with E-state index in [0.717, 1.165) is 75.7 Å². The number of cyclic esters (lactones) is 2. The minimum absolute atomic E-state index is 0. The highest BCUT2D eigenvalue weighted by Crippen LogP contribution is 2.67. The lowest BCUT2D eigenvalue weighted by atomic mass is 9.47. The average Bonchev–Trinajstić information content (AvgIpc) is 3.92. The van der Waals surface area contributed by atoms with Crippen molar-refractivity contribution in [3.05, 3.63) is 0 Å². The van der Waals surface area contributed by atoms with E-state index in [1.54, 1.807) is 0 Å². The minimum Gasteiger partial charge on any atom is -0.469 e. The lowest BCUT2D eigenvalue weighted by molar-refractivity contribution is -0.288. The number of esters is 4. The van der Waals surface area contributed by atoms with Gasteiger partial charge in [0.05, 0.1) is 30.5 Å². The van der Waals surface area contributed by atoms with Gasteiger partial charge in [-0.2, -0.15) is 0 Å². The van der Waals surface area contributed by atoms with E-state index in [9.17, 15) is 19.2 Å². The average molecular weight is 875 g/mol. The second-order valence-corrected chi connectivity index (χ2v) is 22.4. The number of ether oxygens (including phenoxy) is 5. The zero-order chi connectivity index (χ0) is 39.6. The van der Waals surface area contributed by atoms with Gasteiger partial charge in [0.2, 0.25) is 5.79 Å². The van der Waals surface area contributed by atoms with Gasteiger partial charge in [0, 0.05) is 24.7 Å². The molecule has 10 bridgehead atoms. The molecule has 0 radical (unpaired) electrons. The quantitative estimate of drug-likeness (QED) is 0.156. The molecule has 2 heterocycles. The standard InChI is InChI=1S/C38H58O7.C9H12O2.6CH4/c1-8-37(32(41)43-35(6,45-37)36-18-25-11-26(19-36)13-27(12-25)20-36)22-34(5,21-33(3,4)30(39)42-7)31(40)44-38(9-2)28-14-23-10-24(16-28)17-29(38)15-23;10-9-8-6-2-1-5(3-6)7(8)4-11-9;;;;;;/h23-29H,8-22H2,1-7H3;5-8H,1-4H2;6*1H4. The molecule has 7 atom stereocenters. The van der Waals surface area contributed by atoms with E-state index >= 15 is 0 Å². The topological polar surface area (TPSA) is 114 Å². The SMILES string of the molecule is C.C.C.C.C.C.CCC1(CC(C)(CC(C)(C)C(=O)OC)C(=O)OC2(CC)C3CC4CC(C3)CC2C4)OC(C)(C23CC4CC(CC(C4)C2)C3)OC1=O.O=C1OCC2C3CCC(C3)C12. The van der Waals surface area contributed by atoms with Gasteiger partial charge in [-0.15, -0.1) is 0 Å². The van der Waals surface area contributed by atoms with Crippen LogP contribution in [0.4, 0.5) is 0 Å². The van der Waals surface area contributed by atoms with Gasteiger partial charge in [0.1, 0.15) is 5.60 Å². The van der Waals surface area contributed by atoms with Crippen LogP contribution >= 0.6 is 0 Å². The van der Waals surface area contributed by atoms with Gasteiger partial charge in [-0.25, -0.2) is 4.79 Å². The Morgan fingerprint density at radius 2 is 1.23 bits per heavy atom. The first-order valence-corrected chi connectivity index (χ1v) is 22.9. The highest BCUT2D eigenvalue weighted by atomic mass is 16.8. The fourth-order valence-electron chi connectivity index (χ4n) is 16.6. The molecule has 0 aromatic rings. The van der Waals surface area contributed by atoms with Crippen LogP contribution in [-0.2, 0) is 42.9 Å². The van der Waals surface area contributed by atoms with Gasteiger partial charge in [-0.3, -0.25) is 14.4 Å². The van der Waals surface area contributed by atoms with Crippen LogP contribution in [0.2, 0.25) is 0 Å². The summed E-state index contributed by atoms with van der Waals surface area (Å²) in [6, 6.07) is 0. The molecule has 0 aromatic heterocycles. The number of hydrogen-bond donors (Lipinski definition) is 0. The summed E-state index contributed by atoms with van der Waals surface area (Å²) in [7, 11) is 1.39. The Balaban J connectivity index is 0.000000521. The Morgan fingerprint density at radius 3 is 1.71 bits per heavy atom. The molecule has 2 saturated heterocycles. The van der Waals surface area contributed by atoms with E-state index < -0.39 is 27.8 Å². The first-order valence-electron chi connectivity index (χ1n) is 22.9. The third-order valence-electron chi connectivity index (χ3n) is 18.5. The van der Waals surface area contributed by atoms with Crippen LogP contribution in [0.3, 0.4) is 0 Å². The molecular weight excluding hydrogens is 781 g/mol. The van der Waals surface area contributed by atoms with Crippen LogP contribution in [0, 0.1) is 81.3 Å². The molecule has 12 fully saturated rings. The van der Waals surface area contributed by atoms with Crippen LogP contribution < -0.4 is 0 Å². The normalized spacial score (nSPS) is 43.8. The summed E-state index contributed by atoms with van der Waals surface area (Å²) in [5.74, 6) is 4.79. The van der Waals surface area contributed by atoms with E-state index in [0.29, 0.717) is 53.8 Å². The summed E-state index contributed by atoms with van der Waals surface area (Å²) in [4.78, 5) is 53.4. The van der Waals surface area contributed by atoms with Crippen LogP contribution in [0.5, 0.6) is 0 Å². The second kappa shape index (κ2) is 18.6. The van der Waals surface area contributed by atoms with Crippen molar-refractivity contribution in [1.82, 2.24) is 0 Å². The summed E-state index contributed by atoms with van der Waals surface area (Å²) < 4.78 is 30.6. The first-order chi connectivity index (χ1) is 26.5. The van der Waals surface area contributed by atoms with Crippen molar-refractivity contribution < 1.29 is 42.9 Å². The molecule has 7 unspecified atom stereocenters. The molecule has 9 nitrogen and oxygen atoms in total. The molecule has 0 aromatic carbocycles. The highest BCUT2D eigenvalue weighted by Gasteiger charge is 2.70. The van der Waals surface area contributed by atoms with Gasteiger partial charge in [-0.05, 0) is 183 Å². The van der Waals surface area contributed by atoms with Crippen LogP contribution in [0.15, 0.2) is 0 Å². The van der Waals surface area contributed by atoms with Crippen LogP contribution in [-0.4, -0.2) is 54.6 Å². The Hall–Kier alpha value is -2.16. The maximum Gasteiger partial charge on any atom is 0.341 e. The van der Waals surface area contributed by atoms with Crippen molar-refractivity contribution in [3.63, 3.8) is 0 Å². The van der Waals surface area contributed by atoms with Crippen molar-refractivity contribution >= 4 is 23.9 Å². The molecule has 62 heavy (non-hydrogen) atoms. The lowest BCUT2D eigenvalue weighted by Gasteiger charge is -2.61. The minimum atomic E-state index is -1.29. The van der Waals surface area contributed by atoms with Crippen LogP contribution in [0.1, 0.15) is 202 Å². The third kappa shape index (κ3) is 8.32. The summed E-state index contributed by atoms with van der Waals surface area (Å²) in [5, 5.41) is 0. The zero-order valence-corrected chi connectivity index (χ0v) is 35.5. The molecule has 9 heteroatoms. The molecule has 12 rings (SSSR count). The first kappa shape index (κ1) is 54.2. The van der Waals surface area contributed by atoms with E-state index in [-0.39, 0.29) is 86.7 Å². The Kier molecular flexibility index (Phi) is 16.3. The number of carbonyl (C=O) groups excluding carboxylic acids is 4. The summed E-state index contributed by atoms with van der Waals surface area (Å²) >= 11 is 0. The van der Waals surface area contributed by atoms with Gasteiger partial charge in [-0.1, -0.05) is 58.4 Å². The zero-order valence-electron chi connectivity index (χ0n) is 35.5. The third-order valence-corrected chi connectivity index (χ3v) is 18.5. The predicted molar refractivity (Wildman–Crippen MR) is 248 cm³/mol. The Labute approximate surface area is 379 Å². The maximum atomic E-state index is 14.9. The summed E-state index contributed by atoms with van der Waals surface area (Å²) in [6.45, 7) is 12.4. The largest absolute Gasteiger partial charge is 0.469 e. The Morgan fingerprint density at radius 1 is 0.710 bits per heavy atom. The Bertz CT molecular complexity index is 1550. The number of fused-ring (bicyclic) bond motifs is 5. The molecule has 10 aliphatic carbocycles. The molecule has 0 N–H and O–H groups in total. The molecule has 12 aliphatic rings. The molecule has 10 saturated carbocycles. The van der Waals surface area contributed by atoms with Crippen LogP contribution in [0.25, 0.3) is 0 Å². The van der Waals surface area contributed by atoms with Gasteiger partial charge in [0.25, 0.3) is 0 Å². The predicted octanol–water partition coefficient (Wildman–Crippen LogP) is 12.8. The van der Waals surface area contributed by atoms with Gasteiger partial charge >= 0.3 is 23.9 Å². The molecular formula is C53H94O9. The monoisotopic (exact) mass is 875 g/mol. The summed E-state index contributed by atoms with van der Waals surface area (Å²) in [5.41, 5.74) is -4.08. The maximum absolute atomic E-state index is 14.9. The van der Waals surface area contributed by atoms with Crippen molar-refractivity contribution in [1.29, 1.82) is 0 Å². The number of methoxy groups -OCH3 is 1. The molecule has 0 spiro atoms. The molecule has 0 amide bonds. The second-order valence-electron chi connectivity index (χ2n) is 22.4. The van der Waals surface area contributed by atoms with Gasteiger partial charge < -0.3 is 23.7 Å². The fraction of sp³-hybridized carbons (Fsp3) is 0.925. The van der Waals surface area contributed by atoms with E-state index in [1.807, 2.05) is 34.6 Å². The smallest absolute Gasteiger partial charge is 0.341 e. The van der Waals surface area contributed by atoms with Crippen molar-refractivity contribution in [3.8, 4) is 0 Å². The number of rotatable bonds is 10. The van der Waals surface area contributed by atoms with E-state index in [2.05, 4.69) is 6.92 Å². The lowest BCUT2D eigenvalue weighted by Crippen LogP contribution is -2.61. The summed E-state index contributed by atoms with van der Waals surface area (Å²) in [6.07, 6.45) is 18.3. The number of carbonyl (C=O) groups is 4. The highest BCUT2D eigenvalue weighted by molar-refractivity contribution is 5.85. The fourth-order valence-corrected chi connectivity index (χ4v) is 16.6. The van der Waals surface area contributed by atoms with E-state index in [4.69, 9.17) is 23.7 Å². The van der Waals surface area contributed by atoms with Crippen molar-refractivity contribution in [2.75, 3.05) is 13.7 Å².